The molecular formula is C15H16BrF2NO2. The summed E-state index contributed by atoms with van der Waals surface area (Å²) in [7, 11) is 0. The van der Waals surface area contributed by atoms with Gasteiger partial charge in [-0.1, -0.05) is 28.6 Å². The third-order valence-electron chi connectivity index (χ3n) is 2.50. The summed E-state index contributed by atoms with van der Waals surface area (Å²) < 4.78 is 31.8. The van der Waals surface area contributed by atoms with Crippen LogP contribution in [0.15, 0.2) is 46.9 Å². The Morgan fingerprint density at radius 3 is 2.76 bits per heavy atom. The van der Waals surface area contributed by atoms with Gasteiger partial charge in [0.25, 0.3) is 6.43 Å². The zero-order valence-corrected chi connectivity index (χ0v) is 12.9. The van der Waals surface area contributed by atoms with Gasteiger partial charge in [-0.05, 0) is 18.2 Å². The van der Waals surface area contributed by atoms with Crippen molar-refractivity contribution in [2.75, 3.05) is 13.2 Å². The molecule has 1 N–H and O–H groups in total. The second kappa shape index (κ2) is 8.69. The predicted octanol–water partition coefficient (Wildman–Crippen LogP) is 4.34. The molecule has 0 saturated heterocycles. The zero-order valence-electron chi connectivity index (χ0n) is 11.4. The molecule has 0 fully saturated rings. The Hall–Kier alpha value is -1.53. The first kappa shape index (κ1) is 17.5. The van der Waals surface area contributed by atoms with Crippen LogP contribution in [0.5, 0.6) is 0 Å². The fourth-order valence-electron chi connectivity index (χ4n) is 1.56. The first-order valence-corrected chi connectivity index (χ1v) is 6.97. The van der Waals surface area contributed by atoms with Gasteiger partial charge in [0, 0.05) is 16.5 Å². The van der Waals surface area contributed by atoms with Gasteiger partial charge >= 0.3 is 0 Å². The van der Waals surface area contributed by atoms with Gasteiger partial charge < -0.3 is 9.84 Å². The van der Waals surface area contributed by atoms with E-state index in [0.717, 1.165) is 4.47 Å². The van der Waals surface area contributed by atoms with Crippen molar-refractivity contribution in [1.29, 1.82) is 0 Å². The number of alkyl halides is 2. The van der Waals surface area contributed by atoms with Gasteiger partial charge in [-0.2, -0.15) is 0 Å². The quantitative estimate of drug-likeness (QED) is 0.426. The third kappa shape index (κ3) is 5.40. The van der Waals surface area contributed by atoms with Gasteiger partial charge in [-0.25, -0.2) is 8.78 Å². The van der Waals surface area contributed by atoms with E-state index in [9.17, 15) is 8.78 Å². The molecule has 0 atom stereocenters. The van der Waals surface area contributed by atoms with Crippen molar-refractivity contribution in [2.24, 2.45) is 4.99 Å². The number of ether oxygens (including phenoxy) is 1. The van der Waals surface area contributed by atoms with Crippen molar-refractivity contribution >= 4 is 33.1 Å². The van der Waals surface area contributed by atoms with Gasteiger partial charge in [-0.3, -0.25) is 4.99 Å². The highest BCUT2D eigenvalue weighted by atomic mass is 79.9. The van der Waals surface area contributed by atoms with Gasteiger partial charge in [0.15, 0.2) is 0 Å². The first-order valence-electron chi connectivity index (χ1n) is 6.18. The highest BCUT2D eigenvalue weighted by Gasteiger charge is 2.14. The fourth-order valence-corrected chi connectivity index (χ4v) is 1.92. The Kier molecular flexibility index (Phi) is 7.25. The number of halogens is 3. The van der Waals surface area contributed by atoms with E-state index in [1.165, 1.54) is 6.08 Å². The number of rotatable bonds is 8. The highest BCUT2D eigenvalue weighted by molar-refractivity contribution is 9.10. The standard InChI is InChI=1S/C15H16BrF2NO2/c1-3-4-14(15(17)18)19-13-6-5-11(16)9-12(13)10(2)21-8-7-20/h3,5-6,9,15,20H,1-2,4,7-8H2/b19-14+. The van der Waals surface area contributed by atoms with E-state index >= 15 is 0 Å². The second-order valence-corrected chi connectivity index (χ2v) is 4.97. The maximum Gasteiger partial charge on any atom is 0.276 e. The van der Waals surface area contributed by atoms with Crippen LogP contribution in [0.4, 0.5) is 14.5 Å². The van der Waals surface area contributed by atoms with E-state index in [1.807, 2.05) is 0 Å². The van der Waals surface area contributed by atoms with E-state index in [4.69, 9.17) is 9.84 Å². The summed E-state index contributed by atoms with van der Waals surface area (Å²) in [6.07, 6.45) is -1.29. The Morgan fingerprint density at radius 2 is 2.19 bits per heavy atom. The molecule has 1 aromatic rings. The van der Waals surface area contributed by atoms with E-state index < -0.39 is 6.43 Å². The molecule has 0 spiro atoms. The van der Waals surface area contributed by atoms with E-state index in [0.29, 0.717) is 11.3 Å². The van der Waals surface area contributed by atoms with Crippen molar-refractivity contribution in [3.05, 3.63) is 47.5 Å². The number of aliphatic hydroxyl groups is 1. The minimum atomic E-state index is -2.66. The summed E-state index contributed by atoms with van der Waals surface area (Å²) in [6.45, 7) is 7.09. The smallest absolute Gasteiger partial charge is 0.276 e. The van der Waals surface area contributed by atoms with Crippen LogP contribution >= 0.6 is 15.9 Å². The van der Waals surface area contributed by atoms with Crippen LogP contribution in [0.2, 0.25) is 0 Å². The molecule has 0 heterocycles. The summed E-state index contributed by atoms with van der Waals surface area (Å²) in [5, 5.41) is 8.76. The maximum absolute atomic E-state index is 12.9. The Morgan fingerprint density at radius 1 is 1.48 bits per heavy atom. The lowest BCUT2D eigenvalue weighted by Crippen LogP contribution is -2.09. The summed E-state index contributed by atoms with van der Waals surface area (Å²) in [6, 6.07) is 4.96. The van der Waals surface area contributed by atoms with E-state index in [-0.39, 0.29) is 31.1 Å². The number of benzene rings is 1. The molecule has 6 heteroatoms. The minimum Gasteiger partial charge on any atom is -0.491 e. The van der Waals surface area contributed by atoms with Crippen LogP contribution in [0.3, 0.4) is 0 Å². The zero-order chi connectivity index (χ0) is 15.8. The van der Waals surface area contributed by atoms with Crippen molar-refractivity contribution < 1.29 is 18.6 Å². The first-order chi connectivity index (χ1) is 9.99. The number of aliphatic hydroxyl groups excluding tert-OH is 1. The Balaban J connectivity index is 3.19. The largest absolute Gasteiger partial charge is 0.491 e. The van der Waals surface area contributed by atoms with E-state index in [2.05, 4.69) is 34.1 Å². The average Bonchev–Trinajstić information content (AvgIpc) is 2.45. The maximum atomic E-state index is 12.9. The SMILES string of the molecule is C=CC/C(=N\c1ccc(Br)cc1C(=C)OCCO)C(F)F. The van der Waals surface area contributed by atoms with Crippen molar-refractivity contribution in [1.82, 2.24) is 0 Å². The molecule has 21 heavy (non-hydrogen) atoms. The third-order valence-corrected chi connectivity index (χ3v) is 2.99. The van der Waals surface area contributed by atoms with Gasteiger partial charge in [-0.15, -0.1) is 6.58 Å². The molecule has 1 rings (SSSR count). The molecular weight excluding hydrogens is 344 g/mol. The Bertz CT molecular complexity index is 544. The number of hydrogen-bond acceptors (Lipinski definition) is 3. The molecule has 0 unspecified atom stereocenters. The molecule has 0 radical (unpaired) electrons. The van der Waals surface area contributed by atoms with Crippen LogP contribution in [-0.2, 0) is 4.74 Å². The molecule has 0 bridgehead atoms. The number of nitrogens with zero attached hydrogens (tertiary/aromatic N) is 1. The van der Waals surface area contributed by atoms with Crippen LogP contribution in [-0.4, -0.2) is 30.5 Å². The lowest BCUT2D eigenvalue weighted by atomic mass is 10.1. The topological polar surface area (TPSA) is 41.8 Å². The summed E-state index contributed by atoms with van der Waals surface area (Å²) in [4.78, 5) is 3.99. The van der Waals surface area contributed by atoms with Gasteiger partial charge in [0.05, 0.1) is 18.0 Å². The summed E-state index contributed by atoms with van der Waals surface area (Å²) >= 11 is 3.30. The van der Waals surface area contributed by atoms with Crippen LogP contribution in [0.1, 0.15) is 12.0 Å². The van der Waals surface area contributed by atoms with Gasteiger partial charge in [0.1, 0.15) is 12.4 Å². The minimum absolute atomic E-state index is 0.00283. The number of aliphatic imine (C=N–C) groups is 1. The van der Waals surface area contributed by atoms with Crippen LogP contribution < -0.4 is 0 Å². The summed E-state index contributed by atoms with van der Waals surface area (Å²) in [5.74, 6) is 0.260. The molecule has 0 aliphatic carbocycles. The Labute approximate surface area is 130 Å². The molecule has 0 amide bonds. The van der Waals surface area contributed by atoms with E-state index in [1.54, 1.807) is 18.2 Å². The molecule has 114 valence electrons. The van der Waals surface area contributed by atoms with Crippen LogP contribution in [0.25, 0.3) is 5.76 Å². The number of allylic oxidation sites excluding steroid dienone is 1. The second-order valence-electron chi connectivity index (χ2n) is 4.05. The average molecular weight is 360 g/mol. The fraction of sp³-hybridized carbons (Fsp3) is 0.267. The van der Waals surface area contributed by atoms with Crippen molar-refractivity contribution in [2.45, 2.75) is 12.8 Å². The lowest BCUT2D eigenvalue weighted by molar-refractivity contribution is 0.181. The predicted molar refractivity (Wildman–Crippen MR) is 84.1 cm³/mol. The number of hydrogen-bond donors (Lipinski definition) is 1. The monoisotopic (exact) mass is 359 g/mol. The lowest BCUT2D eigenvalue weighted by Gasteiger charge is -2.12. The highest BCUT2D eigenvalue weighted by Crippen LogP contribution is 2.30. The summed E-state index contributed by atoms with van der Waals surface area (Å²) in [5.41, 5.74) is 0.543. The molecule has 0 aromatic heterocycles. The molecule has 0 aliphatic heterocycles. The molecule has 0 aliphatic rings. The van der Waals surface area contributed by atoms with Gasteiger partial charge in [0.2, 0.25) is 0 Å². The molecule has 1 aromatic carbocycles. The molecule has 0 saturated carbocycles. The van der Waals surface area contributed by atoms with Crippen molar-refractivity contribution in [3.8, 4) is 0 Å². The van der Waals surface area contributed by atoms with Crippen LogP contribution in [0, 0.1) is 0 Å². The molecule has 3 nitrogen and oxygen atoms in total. The normalized spacial score (nSPS) is 11.6. The van der Waals surface area contributed by atoms with Crippen molar-refractivity contribution in [3.63, 3.8) is 0 Å².